The van der Waals surface area contributed by atoms with Gasteiger partial charge in [0.1, 0.15) is 5.82 Å². The molecule has 0 aliphatic carbocycles. The Morgan fingerprint density at radius 3 is 2.65 bits per heavy atom. The van der Waals surface area contributed by atoms with Gasteiger partial charge in [0.25, 0.3) is 0 Å². The van der Waals surface area contributed by atoms with E-state index >= 15 is 0 Å². The van der Waals surface area contributed by atoms with Gasteiger partial charge in [0.2, 0.25) is 5.43 Å². The van der Waals surface area contributed by atoms with Crippen molar-refractivity contribution in [1.29, 1.82) is 0 Å². The monoisotopic (exact) mass is 277 g/mol. The highest BCUT2D eigenvalue weighted by Gasteiger charge is 2.10. The molecule has 0 atom stereocenters. The number of carbonyl (C=O) groups excluding carboxylic acids is 1. The van der Waals surface area contributed by atoms with Gasteiger partial charge in [-0.1, -0.05) is 12.1 Å². The van der Waals surface area contributed by atoms with Crippen molar-refractivity contribution >= 4 is 6.16 Å². The summed E-state index contributed by atoms with van der Waals surface area (Å²) in [6.45, 7) is 1.65. The van der Waals surface area contributed by atoms with Gasteiger partial charge in [0.15, 0.2) is 5.75 Å². The van der Waals surface area contributed by atoms with Crippen LogP contribution in [-0.4, -0.2) is 18.2 Å². The molecule has 1 N–H and O–H groups in total. The Morgan fingerprint density at radius 2 is 2.05 bits per heavy atom. The summed E-state index contributed by atoms with van der Waals surface area (Å²) in [6, 6.07) is 5.84. The van der Waals surface area contributed by atoms with Crippen molar-refractivity contribution in [3.8, 4) is 17.0 Å². The maximum atomic E-state index is 13.5. The highest BCUT2D eigenvalue weighted by molar-refractivity contribution is 5.64. The molecule has 0 unspecified atom stereocenters. The molecule has 6 heteroatoms. The van der Waals surface area contributed by atoms with E-state index in [1.165, 1.54) is 18.3 Å². The van der Waals surface area contributed by atoms with Gasteiger partial charge >= 0.3 is 6.16 Å². The first-order chi connectivity index (χ1) is 9.51. The SMILES string of the molecule is COC(=O)Oc1c[nH]c(-c2ccc(C)c(F)c2)cc1=O. The number of methoxy groups -OCH3 is 1. The van der Waals surface area contributed by atoms with Crippen molar-refractivity contribution < 1.29 is 18.7 Å². The fraction of sp³-hybridized carbons (Fsp3) is 0.143. The number of hydrogen-bond donors (Lipinski definition) is 1. The summed E-state index contributed by atoms with van der Waals surface area (Å²) >= 11 is 0. The molecular weight excluding hydrogens is 265 g/mol. The molecule has 0 aliphatic heterocycles. The van der Waals surface area contributed by atoms with Gasteiger partial charge in [-0.15, -0.1) is 0 Å². The summed E-state index contributed by atoms with van der Waals surface area (Å²) in [5, 5.41) is 0. The number of carbonyl (C=O) groups is 1. The van der Waals surface area contributed by atoms with Crippen LogP contribution in [0.4, 0.5) is 9.18 Å². The third kappa shape index (κ3) is 2.85. The van der Waals surface area contributed by atoms with E-state index in [2.05, 4.69) is 14.5 Å². The molecule has 0 bridgehead atoms. The summed E-state index contributed by atoms with van der Waals surface area (Å²) in [5.74, 6) is -0.550. The second-order valence-electron chi connectivity index (χ2n) is 4.10. The van der Waals surface area contributed by atoms with Crippen LogP contribution in [0.25, 0.3) is 11.3 Å². The number of pyridine rings is 1. The molecule has 2 rings (SSSR count). The third-order valence-corrected chi connectivity index (χ3v) is 2.72. The highest BCUT2D eigenvalue weighted by Crippen LogP contribution is 2.19. The summed E-state index contributed by atoms with van der Waals surface area (Å²) < 4.78 is 22.4. The molecule has 1 heterocycles. The lowest BCUT2D eigenvalue weighted by Crippen LogP contribution is -2.14. The standard InChI is InChI=1S/C14H12FNO4/c1-8-3-4-9(5-10(8)15)11-6-12(17)13(7-16-11)20-14(18)19-2/h3-7H,1-2H3,(H,16,17). The van der Waals surface area contributed by atoms with Crippen molar-refractivity contribution in [3.05, 3.63) is 52.1 Å². The summed E-state index contributed by atoms with van der Waals surface area (Å²) in [4.78, 5) is 25.5. The Hall–Kier alpha value is -2.63. The predicted octanol–water partition coefficient (Wildman–Crippen LogP) is 2.63. The first-order valence-corrected chi connectivity index (χ1v) is 5.76. The number of nitrogens with one attached hydrogen (secondary N) is 1. The average molecular weight is 277 g/mol. The van der Waals surface area contributed by atoms with Gasteiger partial charge in [0.05, 0.1) is 7.11 Å². The van der Waals surface area contributed by atoms with Crippen molar-refractivity contribution in [2.24, 2.45) is 0 Å². The zero-order valence-electron chi connectivity index (χ0n) is 10.9. The van der Waals surface area contributed by atoms with Crippen LogP contribution < -0.4 is 10.2 Å². The molecule has 2 aromatic rings. The van der Waals surface area contributed by atoms with Crippen LogP contribution in [0.5, 0.6) is 5.75 Å². The molecule has 0 amide bonds. The maximum Gasteiger partial charge on any atom is 0.513 e. The van der Waals surface area contributed by atoms with Gasteiger partial charge in [-0.05, 0) is 18.6 Å². The molecule has 0 spiro atoms. The lowest BCUT2D eigenvalue weighted by Gasteiger charge is -2.05. The molecule has 0 saturated carbocycles. The van der Waals surface area contributed by atoms with E-state index in [0.29, 0.717) is 16.8 Å². The van der Waals surface area contributed by atoms with Gasteiger partial charge in [0, 0.05) is 23.5 Å². The zero-order valence-corrected chi connectivity index (χ0v) is 10.9. The quantitative estimate of drug-likeness (QED) is 0.857. The fourth-order valence-corrected chi connectivity index (χ4v) is 1.60. The van der Waals surface area contributed by atoms with E-state index in [1.54, 1.807) is 19.1 Å². The number of halogens is 1. The van der Waals surface area contributed by atoms with Gasteiger partial charge < -0.3 is 14.5 Å². The normalized spacial score (nSPS) is 10.2. The van der Waals surface area contributed by atoms with Crippen molar-refractivity contribution in [3.63, 3.8) is 0 Å². The Kier molecular flexibility index (Phi) is 3.84. The van der Waals surface area contributed by atoms with E-state index in [4.69, 9.17) is 0 Å². The summed E-state index contributed by atoms with van der Waals surface area (Å²) in [6.07, 6.45) is 0.247. The van der Waals surface area contributed by atoms with Crippen LogP contribution in [0.15, 0.2) is 35.3 Å². The number of H-pyrrole nitrogens is 1. The van der Waals surface area contributed by atoms with E-state index in [-0.39, 0.29) is 11.6 Å². The number of aryl methyl sites for hydroxylation is 1. The summed E-state index contributed by atoms with van der Waals surface area (Å²) in [7, 11) is 1.14. The Morgan fingerprint density at radius 1 is 1.30 bits per heavy atom. The van der Waals surface area contributed by atoms with Crippen LogP contribution in [0.1, 0.15) is 5.56 Å². The highest BCUT2D eigenvalue weighted by atomic mass is 19.1. The smallest absolute Gasteiger partial charge is 0.437 e. The first-order valence-electron chi connectivity index (χ1n) is 5.76. The lowest BCUT2D eigenvalue weighted by molar-refractivity contribution is 0.121. The molecule has 1 aromatic heterocycles. The van der Waals surface area contributed by atoms with E-state index in [1.807, 2.05) is 0 Å². The Balaban J connectivity index is 2.35. The number of ether oxygens (including phenoxy) is 2. The second-order valence-corrected chi connectivity index (χ2v) is 4.10. The van der Waals surface area contributed by atoms with Crippen LogP contribution >= 0.6 is 0 Å². The van der Waals surface area contributed by atoms with Crippen LogP contribution in [0, 0.1) is 12.7 Å². The Labute approximate surface area is 114 Å². The molecular formula is C14H12FNO4. The largest absolute Gasteiger partial charge is 0.513 e. The first kappa shape index (κ1) is 13.8. The number of rotatable bonds is 2. The van der Waals surface area contributed by atoms with Crippen molar-refractivity contribution in [2.45, 2.75) is 6.92 Å². The molecule has 0 radical (unpaired) electrons. The Bertz CT molecular complexity index is 709. The number of hydrogen-bond acceptors (Lipinski definition) is 4. The summed E-state index contributed by atoms with van der Waals surface area (Å²) in [5.41, 5.74) is 0.952. The van der Waals surface area contributed by atoms with E-state index in [9.17, 15) is 14.0 Å². The second kappa shape index (κ2) is 5.56. The van der Waals surface area contributed by atoms with Gasteiger partial charge in [-0.2, -0.15) is 0 Å². The van der Waals surface area contributed by atoms with Gasteiger partial charge in [-0.3, -0.25) is 4.79 Å². The minimum atomic E-state index is -0.982. The number of aromatic nitrogens is 1. The van der Waals surface area contributed by atoms with E-state index < -0.39 is 11.6 Å². The minimum absolute atomic E-state index is 0.187. The molecule has 0 aliphatic rings. The predicted molar refractivity (Wildman–Crippen MR) is 70.2 cm³/mol. The van der Waals surface area contributed by atoms with Crippen LogP contribution in [-0.2, 0) is 4.74 Å². The van der Waals surface area contributed by atoms with Crippen LogP contribution in [0.3, 0.4) is 0 Å². The average Bonchev–Trinajstić information content (AvgIpc) is 2.44. The molecule has 0 saturated heterocycles. The van der Waals surface area contributed by atoms with E-state index in [0.717, 1.165) is 7.11 Å². The van der Waals surface area contributed by atoms with Gasteiger partial charge in [-0.25, -0.2) is 9.18 Å². The molecule has 0 fully saturated rings. The van der Waals surface area contributed by atoms with Crippen LogP contribution in [0.2, 0.25) is 0 Å². The third-order valence-electron chi connectivity index (χ3n) is 2.72. The lowest BCUT2D eigenvalue weighted by atomic mass is 10.1. The van der Waals surface area contributed by atoms with Crippen molar-refractivity contribution in [2.75, 3.05) is 7.11 Å². The number of aromatic amines is 1. The fourth-order valence-electron chi connectivity index (χ4n) is 1.60. The minimum Gasteiger partial charge on any atom is -0.437 e. The maximum absolute atomic E-state index is 13.5. The van der Waals surface area contributed by atoms with Crippen molar-refractivity contribution in [1.82, 2.24) is 4.98 Å². The number of benzene rings is 1. The molecule has 20 heavy (non-hydrogen) atoms. The molecule has 5 nitrogen and oxygen atoms in total. The zero-order chi connectivity index (χ0) is 14.7. The molecule has 1 aromatic carbocycles. The topological polar surface area (TPSA) is 68.4 Å². The molecule has 104 valence electrons.